The summed E-state index contributed by atoms with van der Waals surface area (Å²) in [6, 6.07) is 11.5. The molecular formula is C26H24F2N4O4S2. The number of methoxy groups -OCH3 is 1. The van der Waals surface area contributed by atoms with E-state index in [1.807, 2.05) is 18.2 Å². The van der Waals surface area contributed by atoms with Crippen LogP contribution in [0.25, 0.3) is 10.2 Å². The van der Waals surface area contributed by atoms with Gasteiger partial charge in [-0.3, -0.25) is 14.7 Å². The fourth-order valence-electron chi connectivity index (χ4n) is 4.43. The predicted octanol–water partition coefficient (Wildman–Crippen LogP) is 4.61. The fraction of sp³-hybridized carbons (Fsp3) is 0.269. The van der Waals surface area contributed by atoms with Crippen molar-refractivity contribution < 1.29 is 26.7 Å². The van der Waals surface area contributed by atoms with Crippen molar-refractivity contribution in [3.8, 4) is 5.75 Å². The molecule has 8 nitrogen and oxygen atoms in total. The minimum atomic E-state index is -4.25. The number of nitrogens with zero attached hydrogens (tertiary/aromatic N) is 4. The summed E-state index contributed by atoms with van der Waals surface area (Å²) < 4.78 is 61.1. The summed E-state index contributed by atoms with van der Waals surface area (Å²) in [5.41, 5.74) is 1.55. The molecular weight excluding hydrogens is 534 g/mol. The minimum absolute atomic E-state index is 0.00642. The van der Waals surface area contributed by atoms with Gasteiger partial charge in [0, 0.05) is 31.4 Å². The van der Waals surface area contributed by atoms with Gasteiger partial charge in [0.25, 0.3) is 0 Å². The number of anilines is 1. The largest absolute Gasteiger partial charge is 0.497 e. The second-order valence-corrected chi connectivity index (χ2v) is 11.8. The molecule has 5 rings (SSSR count). The second-order valence-electron chi connectivity index (χ2n) is 8.87. The number of amides is 1. The first kappa shape index (κ1) is 26.1. The van der Waals surface area contributed by atoms with E-state index in [1.54, 1.807) is 36.5 Å². The highest BCUT2D eigenvalue weighted by Gasteiger charge is 2.36. The SMILES string of the molecule is COc1ccc2nc(N(Cc3cccnc3)C(=O)C3CCN(S(=O)(=O)c4cc(F)ccc4F)CC3)sc2c1. The lowest BCUT2D eigenvalue weighted by atomic mass is 9.96. The van der Waals surface area contributed by atoms with Crippen LogP contribution in [-0.2, 0) is 21.4 Å². The van der Waals surface area contributed by atoms with Gasteiger partial charge in [0.2, 0.25) is 15.9 Å². The van der Waals surface area contributed by atoms with Gasteiger partial charge in [-0.2, -0.15) is 4.31 Å². The lowest BCUT2D eigenvalue weighted by Gasteiger charge is -2.33. The van der Waals surface area contributed by atoms with Crippen molar-refractivity contribution in [1.29, 1.82) is 0 Å². The van der Waals surface area contributed by atoms with Gasteiger partial charge in [-0.1, -0.05) is 17.4 Å². The van der Waals surface area contributed by atoms with Crippen LogP contribution in [0.15, 0.2) is 65.8 Å². The zero-order chi connectivity index (χ0) is 26.9. The number of thiazole rings is 1. The van der Waals surface area contributed by atoms with Gasteiger partial charge in [0.1, 0.15) is 22.3 Å². The number of carbonyl (C=O) groups excluding carboxylic acids is 1. The van der Waals surface area contributed by atoms with E-state index in [9.17, 15) is 22.0 Å². The Hall–Kier alpha value is -3.48. The third-order valence-corrected chi connectivity index (χ3v) is 9.41. The molecule has 2 aromatic carbocycles. The van der Waals surface area contributed by atoms with Crippen molar-refractivity contribution >= 4 is 42.6 Å². The lowest BCUT2D eigenvalue weighted by Crippen LogP contribution is -2.44. The molecule has 0 radical (unpaired) electrons. The molecule has 0 bridgehead atoms. The summed E-state index contributed by atoms with van der Waals surface area (Å²) in [5.74, 6) is -1.83. The summed E-state index contributed by atoms with van der Waals surface area (Å²) in [6.45, 7) is 0.260. The lowest BCUT2D eigenvalue weighted by molar-refractivity contribution is -0.123. The van der Waals surface area contributed by atoms with Crippen LogP contribution in [0.5, 0.6) is 5.75 Å². The third-order valence-electron chi connectivity index (χ3n) is 6.46. The Morgan fingerprint density at radius 1 is 1.16 bits per heavy atom. The molecule has 2 aromatic heterocycles. The maximum Gasteiger partial charge on any atom is 0.246 e. The number of pyridine rings is 1. The maximum absolute atomic E-state index is 14.2. The van der Waals surface area contributed by atoms with E-state index in [1.165, 1.54) is 11.3 Å². The summed E-state index contributed by atoms with van der Waals surface area (Å²) in [6.07, 6.45) is 3.80. The van der Waals surface area contributed by atoms with E-state index in [2.05, 4.69) is 9.97 Å². The van der Waals surface area contributed by atoms with Crippen LogP contribution >= 0.6 is 11.3 Å². The monoisotopic (exact) mass is 558 g/mol. The molecule has 0 N–H and O–H groups in total. The number of carbonyl (C=O) groups is 1. The molecule has 1 fully saturated rings. The van der Waals surface area contributed by atoms with Crippen LogP contribution < -0.4 is 9.64 Å². The normalized spacial score (nSPS) is 15.0. The van der Waals surface area contributed by atoms with Gasteiger partial charge >= 0.3 is 0 Å². The average Bonchev–Trinajstić information content (AvgIpc) is 3.36. The molecule has 198 valence electrons. The number of ether oxygens (including phenoxy) is 1. The first-order valence-electron chi connectivity index (χ1n) is 11.9. The van der Waals surface area contributed by atoms with Crippen LogP contribution in [0, 0.1) is 17.6 Å². The van der Waals surface area contributed by atoms with Crippen molar-refractivity contribution in [2.75, 3.05) is 25.1 Å². The highest BCUT2D eigenvalue weighted by molar-refractivity contribution is 7.89. The van der Waals surface area contributed by atoms with E-state index in [0.717, 1.165) is 32.2 Å². The van der Waals surface area contributed by atoms with Crippen LogP contribution in [-0.4, -0.2) is 48.8 Å². The molecule has 0 saturated carbocycles. The zero-order valence-corrected chi connectivity index (χ0v) is 22.0. The molecule has 0 aliphatic carbocycles. The van der Waals surface area contributed by atoms with E-state index < -0.39 is 32.5 Å². The Morgan fingerprint density at radius 2 is 1.95 bits per heavy atom. The number of hydrogen-bond acceptors (Lipinski definition) is 7. The Morgan fingerprint density at radius 3 is 2.66 bits per heavy atom. The molecule has 1 aliphatic heterocycles. The number of piperidine rings is 1. The zero-order valence-electron chi connectivity index (χ0n) is 20.4. The van der Waals surface area contributed by atoms with Crippen LogP contribution in [0.3, 0.4) is 0 Å². The number of benzene rings is 2. The van der Waals surface area contributed by atoms with Crippen molar-refractivity contribution in [3.63, 3.8) is 0 Å². The number of halogens is 2. The summed E-state index contributed by atoms with van der Waals surface area (Å²) in [5, 5.41) is 0.513. The topological polar surface area (TPSA) is 92.7 Å². The quantitative estimate of drug-likeness (QED) is 0.329. The smallest absolute Gasteiger partial charge is 0.246 e. The van der Waals surface area contributed by atoms with Crippen LogP contribution in [0.4, 0.5) is 13.9 Å². The number of aromatic nitrogens is 2. The maximum atomic E-state index is 14.2. The van der Waals surface area contributed by atoms with E-state index in [-0.39, 0.29) is 38.4 Å². The number of hydrogen-bond donors (Lipinski definition) is 0. The highest BCUT2D eigenvalue weighted by Crippen LogP contribution is 2.34. The van der Waals surface area contributed by atoms with Crippen molar-refractivity contribution in [2.24, 2.45) is 5.92 Å². The molecule has 0 atom stereocenters. The second kappa shape index (κ2) is 10.7. The molecule has 1 saturated heterocycles. The van der Waals surface area contributed by atoms with Gasteiger partial charge in [0.15, 0.2) is 5.13 Å². The Labute approximate surface area is 222 Å². The van der Waals surface area contributed by atoms with Gasteiger partial charge in [-0.05, 0) is 60.9 Å². The highest BCUT2D eigenvalue weighted by atomic mass is 32.2. The van der Waals surface area contributed by atoms with Gasteiger partial charge in [-0.25, -0.2) is 22.2 Å². The van der Waals surface area contributed by atoms with E-state index >= 15 is 0 Å². The first-order valence-corrected chi connectivity index (χ1v) is 14.1. The van der Waals surface area contributed by atoms with Gasteiger partial charge < -0.3 is 4.74 Å². The predicted molar refractivity (Wildman–Crippen MR) is 139 cm³/mol. The molecule has 1 amide bonds. The molecule has 38 heavy (non-hydrogen) atoms. The fourth-order valence-corrected chi connectivity index (χ4v) is 6.97. The molecule has 12 heteroatoms. The molecule has 0 spiro atoms. The third kappa shape index (κ3) is 5.24. The van der Waals surface area contributed by atoms with E-state index in [4.69, 9.17) is 4.74 Å². The summed E-state index contributed by atoms with van der Waals surface area (Å²) >= 11 is 1.36. The summed E-state index contributed by atoms with van der Waals surface area (Å²) in [7, 11) is -2.67. The van der Waals surface area contributed by atoms with Crippen molar-refractivity contribution in [1.82, 2.24) is 14.3 Å². The van der Waals surface area contributed by atoms with Gasteiger partial charge in [0.05, 0.1) is 23.9 Å². The van der Waals surface area contributed by atoms with E-state index in [0.29, 0.717) is 16.9 Å². The Kier molecular flexibility index (Phi) is 7.37. The Balaban J connectivity index is 1.38. The van der Waals surface area contributed by atoms with Crippen molar-refractivity contribution in [2.45, 2.75) is 24.3 Å². The number of sulfonamides is 1. The minimum Gasteiger partial charge on any atom is -0.497 e. The Bertz CT molecular complexity index is 1570. The number of rotatable bonds is 7. The van der Waals surface area contributed by atoms with Crippen LogP contribution in [0.2, 0.25) is 0 Å². The molecule has 4 aromatic rings. The number of fused-ring (bicyclic) bond motifs is 1. The van der Waals surface area contributed by atoms with Gasteiger partial charge in [-0.15, -0.1) is 0 Å². The van der Waals surface area contributed by atoms with Crippen LogP contribution in [0.1, 0.15) is 18.4 Å². The summed E-state index contributed by atoms with van der Waals surface area (Å²) in [4.78, 5) is 23.5. The molecule has 1 aliphatic rings. The molecule has 3 heterocycles. The average molecular weight is 559 g/mol. The molecule has 0 unspecified atom stereocenters. The van der Waals surface area contributed by atoms with Crippen molar-refractivity contribution in [3.05, 3.63) is 78.1 Å². The standard InChI is InChI=1S/C26H24F2N4O4S2/c1-36-20-5-7-22-23(14-20)37-26(30-22)32(16-17-3-2-10-29-15-17)25(33)18-8-11-31(12-9-18)38(34,35)24-13-19(27)4-6-21(24)28/h2-7,10,13-15,18H,8-9,11-12,16H2,1H3. The first-order chi connectivity index (χ1) is 18.3.